The Balaban J connectivity index is 1.80. The van der Waals surface area contributed by atoms with Crippen LogP contribution in [-0.2, 0) is 9.53 Å². The highest BCUT2D eigenvalue weighted by molar-refractivity contribution is 14.1. The van der Waals surface area contributed by atoms with E-state index >= 15 is 0 Å². The number of carbonyl (C=O) groups is 1. The molecular weight excluding hydrogens is 490 g/mol. The molecule has 0 spiro atoms. The standard InChI is InChI=1S/C17H26I2O2/c1-15(2,21-14(20)16(3,19)10-18)17-7-11-4-12(8-17)6-13(5-11)9-17/h11-13H,4-10H2,1-3H3. The van der Waals surface area contributed by atoms with E-state index < -0.39 is 3.42 Å². The SMILES string of the molecule is CC(I)(CI)C(=O)OC(C)(C)C12CC3CC(CC(C3)C1)C2. The second-order valence-corrected chi connectivity index (χ2v) is 11.6. The van der Waals surface area contributed by atoms with Gasteiger partial charge in [0.1, 0.15) is 9.02 Å². The molecule has 4 rings (SSSR count). The molecule has 21 heavy (non-hydrogen) atoms. The molecule has 4 fully saturated rings. The molecule has 0 amide bonds. The van der Waals surface area contributed by atoms with Crippen molar-refractivity contribution >= 4 is 51.2 Å². The lowest BCUT2D eigenvalue weighted by Gasteiger charge is -2.61. The van der Waals surface area contributed by atoms with Crippen LogP contribution in [0.2, 0.25) is 0 Å². The van der Waals surface area contributed by atoms with Crippen molar-refractivity contribution in [1.29, 1.82) is 0 Å². The molecule has 4 aliphatic carbocycles. The summed E-state index contributed by atoms with van der Waals surface area (Å²) >= 11 is 4.52. The first kappa shape index (κ1) is 16.8. The quantitative estimate of drug-likeness (QED) is 0.294. The van der Waals surface area contributed by atoms with Crippen molar-refractivity contribution in [3.63, 3.8) is 0 Å². The fourth-order valence-electron chi connectivity index (χ4n) is 5.35. The Kier molecular flexibility index (Phi) is 4.38. The third-order valence-electron chi connectivity index (χ3n) is 6.34. The third-order valence-corrected chi connectivity index (χ3v) is 10.1. The van der Waals surface area contributed by atoms with Crippen molar-refractivity contribution in [1.82, 2.24) is 0 Å². The lowest BCUT2D eigenvalue weighted by Crippen LogP contribution is -2.58. The molecule has 0 aliphatic heterocycles. The van der Waals surface area contributed by atoms with E-state index in [9.17, 15) is 4.79 Å². The Labute approximate surface area is 155 Å². The van der Waals surface area contributed by atoms with Crippen molar-refractivity contribution in [2.24, 2.45) is 23.2 Å². The number of carbonyl (C=O) groups excluding carboxylic acids is 1. The minimum atomic E-state index is -0.405. The molecule has 1 atom stereocenters. The Bertz CT molecular complexity index is 407. The maximum absolute atomic E-state index is 12.6. The van der Waals surface area contributed by atoms with Crippen molar-refractivity contribution in [3.8, 4) is 0 Å². The summed E-state index contributed by atoms with van der Waals surface area (Å²) in [5.41, 5.74) is -0.0757. The van der Waals surface area contributed by atoms with Crippen LogP contribution in [0.25, 0.3) is 0 Å². The molecule has 4 bridgehead atoms. The zero-order chi connectivity index (χ0) is 15.5. The van der Waals surface area contributed by atoms with Gasteiger partial charge >= 0.3 is 5.97 Å². The summed E-state index contributed by atoms with van der Waals surface area (Å²) in [7, 11) is 0. The highest BCUT2D eigenvalue weighted by Crippen LogP contribution is 2.64. The van der Waals surface area contributed by atoms with Gasteiger partial charge in [0.25, 0.3) is 0 Å². The molecule has 4 saturated carbocycles. The van der Waals surface area contributed by atoms with Crippen LogP contribution in [0.1, 0.15) is 59.3 Å². The van der Waals surface area contributed by atoms with Gasteiger partial charge in [-0.25, -0.2) is 0 Å². The number of hydrogen-bond acceptors (Lipinski definition) is 2. The molecule has 0 saturated heterocycles. The fourth-order valence-corrected chi connectivity index (χ4v) is 5.77. The summed E-state index contributed by atoms with van der Waals surface area (Å²) in [6, 6.07) is 0. The first-order valence-corrected chi connectivity index (χ1v) is 10.8. The van der Waals surface area contributed by atoms with Gasteiger partial charge in [0, 0.05) is 9.84 Å². The van der Waals surface area contributed by atoms with E-state index in [1.54, 1.807) is 0 Å². The normalized spacial score (nSPS) is 40.9. The molecule has 4 aliphatic rings. The van der Waals surface area contributed by atoms with Crippen molar-refractivity contribution in [2.45, 2.75) is 68.3 Å². The molecule has 0 radical (unpaired) electrons. The van der Waals surface area contributed by atoms with E-state index in [1.165, 1.54) is 38.5 Å². The average Bonchev–Trinajstić information content (AvgIpc) is 2.36. The molecule has 0 aromatic carbocycles. The van der Waals surface area contributed by atoms with Gasteiger partial charge in [0.15, 0.2) is 0 Å². The van der Waals surface area contributed by atoms with E-state index in [1.807, 2.05) is 6.92 Å². The fraction of sp³-hybridized carbons (Fsp3) is 0.941. The smallest absolute Gasteiger partial charge is 0.323 e. The molecule has 0 aromatic rings. The lowest BCUT2D eigenvalue weighted by atomic mass is 9.46. The summed E-state index contributed by atoms with van der Waals surface area (Å²) in [5.74, 6) is 2.65. The van der Waals surface area contributed by atoms with Crippen molar-refractivity contribution in [3.05, 3.63) is 0 Å². The first-order chi connectivity index (χ1) is 9.67. The van der Waals surface area contributed by atoms with Crippen LogP contribution >= 0.6 is 45.2 Å². The van der Waals surface area contributed by atoms with Crippen molar-refractivity contribution in [2.75, 3.05) is 4.43 Å². The molecular formula is C17H26I2O2. The molecule has 4 heteroatoms. The minimum absolute atomic E-state index is 0.0294. The Morgan fingerprint density at radius 2 is 1.52 bits per heavy atom. The van der Waals surface area contributed by atoms with Crippen molar-refractivity contribution < 1.29 is 9.53 Å². The van der Waals surface area contributed by atoms with Gasteiger partial charge in [-0.15, -0.1) is 0 Å². The zero-order valence-electron chi connectivity index (χ0n) is 13.3. The monoisotopic (exact) mass is 516 g/mol. The van der Waals surface area contributed by atoms with E-state index in [-0.39, 0.29) is 17.0 Å². The molecule has 0 N–H and O–H groups in total. The summed E-state index contributed by atoms with van der Waals surface area (Å²) in [6.07, 6.45) is 8.13. The number of halogens is 2. The van der Waals surface area contributed by atoms with E-state index in [2.05, 4.69) is 59.0 Å². The van der Waals surface area contributed by atoms with Gasteiger partial charge in [-0.2, -0.15) is 0 Å². The van der Waals surface area contributed by atoms with Gasteiger partial charge in [-0.05, 0) is 77.0 Å². The summed E-state index contributed by atoms with van der Waals surface area (Å²) < 4.78 is 6.52. The lowest BCUT2D eigenvalue weighted by molar-refractivity contribution is -0.199. The maximum atomic E-state index is 12.6. The second-order valence-electron chi connectivity index (χ2n) is 8.43. The zero-order valence-corrected chi connectivity index (χ0v) is 17.6. The van der Waals surface area contributed by atoms with Gasteiger partial charge < -0.3 is 4.74 Å². The minimum Gasteiger partial charge on any atom is -0.458 e. The molecule has 120 valence electrons. The van der Waals surface area contributed by atoms with Crippen LogP contribution in [-0.4, -0.2) is 19.4 Å². The van der Waals surface area contributed by atoms with E-state index in [0.29, 0.717) is 0 Å². The van der Waals surface area contributed by atoms with Gasteiger partial charge in [0.05, 0.1) is 0 Å². The van der Waals surface area contributed by atoms with Crippen LogP contribution in [0.15, 0.2) is 0 Å². The number of hydrogen-bond donors (Lipinski definition) is 0. The van der Waals surface area contributed by atoms with Crippen LogP contribution in [0.4, 0.5) is 0 Å². The number of esters is 1. The summed E-state index contributed by atoms with van der Waals surface area (Å²) in [6.45, 7) is 6.34. The van der Waals surface area contributed by atoms with E-state index in [4.69, 9.17) is 4.74 Å². The first-order valence-electron chi connectivity index (χ1n) is 8.16. The molecule has 2 nitrogen and oxygen atoms in total. The van der Waals surface area contributed by atoms with Crippen LogP contribution in [0.3, 0.4) is 0 Å². The van der Waals surface area contributed by atoms with Crippen LogP contribution in [0, 0.1) is 23.2 Å². The maximum Gasteiger partial charge on any atom is 0.323 e. The Morgan fingerprint density at radius 3 is 1.90 bits per heavy atom. The average molecular weight is 516 g/mol. The van der Waals surface area contributed by atoms with Gasteiger partial charge in [-0.3, -0.25) is 4.79 Å². The Morgan fingerprint density at radius 1 is 1.10 bits per heavy atom. The Hall–Kier alpha value is 0.930. The predicted octanol–water partition coefficient (Wildman–Crippen LogP) is 5.15. The number of ether oxygens (including phenoxy) is 1. The largest absolute Gasteiger partial charge is 0.458 e. The molecule has 1 unspecified atom stereocenters. The third kappa shape index (κ3) is 2.89. The van der Waals surface area contributed by atoms with Crippen LogP contribution < -0.4 is 0 Å². The highest BCUT2D eigenvalue weighted by Gasteiger charge is 2.59. The predicted molar refractivity (Wildman–Crippen MR) is 102 cm³/mol. The molecule has 0 aromatic heterocycles. The molecule has 0 heterocycles. The number of rotatable bonds is 4. The van der Waals surface area contributed by atoms with Gasteiger partial charge in [-0.1, -0.05) is 45.2 Å². The highest BCUT2D eigenvalue weighted by atomic mass is 127. The van der Waals surface area contributed by atoms with Crippen LogP contribution in [0.5, 0.6) is 0 Å². The number of alkyl halides is 2. The summed E-state index contributed by atoms with van der Waals surface area (Å²) in [5, 5.41) is 0. The van der Waals surface area contributed by atoms with E-state index in [0.717, 1.165) is 22.2 Å². The summed E-state index contributed by atoms with van der Waals surface area (Å²) in [4.78, 5) is 12.6. The topological polar surface area (TPSA) is 26.3 Å². The second kappa shape index (κ2) is 5.49. The van der Waals surface area contributed by atoms with Gasteiger partial charge in [0.2, 0.25) is 0 Å².